The fourth-order valence-electron chi connectivity index (χ4n) is 0. The van der Waals surface area contributed by atoms with E-state index in [1.165, 1.54) is 0 Å². The maximum Gasteiger partial charge on any atom is 1.00 e. The van der Waals surface area contributed by atoms with Crippen molar-refractivity contribution in [2.24, 2.45) is 0 Å². The maximum absolute atomic E-state index is 8.52. The number of rotatable bonds is 0. The topological polar surface area (TPSA) is 63.2 Å². The molecule has 0 aromatic rings. The minimum atomic E-state index is -3.63. The molecule has 0 spiro atoms. The third-order valence-electron chi connectivity index (χ3n) is 0. The zero-order chi connectivity index (χ0) is 3.58. The Balaban J connectivity index is -0.00000000750. The second-order valence-electron chi connectivity index (χ2n) is 0.250. The first-order valence-electron chi connectivity index (χ1n) is 0.612. The minimum Gasteiger partial charge on any atom is -0.672 e. The van der Waals surface area contributed by atoms with Crippen LogP contribution in [0.25, 0.3) is 0 Å². The third-order valence-corrected chi connectivity index (χ3v) is 0. The average Bonchev–Trinajstić information content (AvgIpc) is 0.811. The summed E-state index contributed by atoms with van der Waals surface area (Å²) < 4.78 is 8.52. The van der Waals surface area contributed by atoms with Crippen molar-refractivity contribution in [2.45, 2.75) is 0 Å². The van der Waals surface area contributed by atoms with Gasteiger partial charge in [-0.1, -0.05) is 0 Å². The van der Waals surface area contributed by atoms with E-state index in [4.69, 9.17) is 14.1 Å². The molecular weight excluding hydrogens is 144 g/mol. The molecule has 8 heteroatoms. The standard InChI is InChI=1S/2Al.2Li.O3Si/c;;;;1-4(2)3/q;;2*+1;-2. The van der Waals surface area contributed by atoms with Gasteiger partial charge in [-0.25, -0.2) is 0 Å². The van der Waals surface area contributed by atoms with E-state index in [0.29, 0.717) is 0 Å². The fourth-order valence-corrected chi connectivity index (χ4v) is 0. The fraction of sp³-hybridized carbons (Fsp3) is 0. The molecule has 0 heterocycles. The van der Waals surface area contributed by atoms with Crippen LogP contribution in [0.4, 0.5) is 0 Å². The summed E-state index contributed by atoms with van der Waals surface area (Å²) in [5.74, 6) is 0. The largest absolute Gasteiger partial charge is 1.00 e. The predicted octanol–water partition coefficient (Wildman–Crippen LogP) is -9.63. The van der Waals surface area contributed by atoms with E-state index in [0.717, 1.165) is 0 Å². The zero-order valence-electron chi connectivity index (χ0n) is 4.88. The first kappa shape index (κ1) is 32.7. The van der Waals surface area contributed by atoms with E-state index in [-0.39, 0.29) is 72.4 Å². The summed E-state index contributed by atoms with van der Waals surface area (Å²) in [7, 11) is -3.63. The van der Waals surface area contributed by atoms with Crippen LogP contribution in [-0.2, 0) is 4.46 Å². The Labute approximate surface area is 94.8 Å². The summed E-state index contributed by atoms with van der Waals surface area (Å²) in [5, 5.41) is 0. The van der Waals surface area contributed by atoms with Gasteiger partial charge in [0.05, 0.1) is 0 Å². The molecule has 0 atom stereocenters. The van der Waals surface area contributed by atoms with Crippen LogP contribution in [-0.4, -0.2) is 43.9 Å². The van der Waals surface area contributed by atoms with Gasteiger partial charge in [-0.2, -0.15) is 0 Å². The first-order valence-corrected chi connectivity index (χ1v) is 1.84. The van der Waals surface area contributed by atoms with E-state index in [9.17, 15) is 0 Å². The van der Waals surface area contributed by atoms with Crippen LogP contribution in [0, 0.1) is 0 Å². The van der Waals surface area contributed by atoms with Crippen molar-refractivity contribution in [1.29, 1.82) is 0 Å². The Morgan fingerprint density at radius 1 is 1.00 bits per heavy atom. The van der Waals surface area contributed by atoms with Gasteiger partial charge in [0.1, 0.15) is 0 Å². The van der Waals surface area contributed by atoms with Gasteiger partial charge < -0.3 is 14.1 Å². The molecule has 3 nitrogen and oxygen atoms in total. The molecule has 30 valence electrons. The van der Waals surface area contributed by atoms with Gasteiger partial charge in [0.15, 0.2) is 0 Å². The summed E-state index contributed by atoms with van der Waals surface area (Å²) in [5.41, 5.74) is 0. The van der Waals surface area contributed by atoms with Crippen LogP contribution >= 0.6 is 0 Å². The third kappa shape index (κ3) is 106. The monoisotopic (exact) mass is 144 g/mol. The number of hydrogen-bond donors (Lipinski definition) is 0. The van der Waals surface area contributed by atoms with Crippen molar-refractivity contribution >= 4 is 43.9 Å². The quantitative estimate of drug-likeness (QED) is 0.317. The normalized spacial score (nSPS) is 3.00. The summed E-state index contributed by atoms with van der Waals surface area (Å²) in [6, 6.07) is 0. The molecule has 6 radical (unpaired) electrons. The van der Waals surface area contributed by atoms with Gasteiger partial charge in [-0.15, -0.1) is 0 Å². The summed E-state index contributed by atoms with van der Waals surface area (Å²) in [6.07, 6.45) is 0. The van der Waals surface area contributed by atoms with E-state index >= 15 is 0 Å². The molecule has 0 aromatic heterocycles. The SMILES string of the molecule is O=[Si]([O-])[O-].[Al].[Al].[Li+].[Li+]. The van der Waals surface area contributed by atoms with Crippen molar-refractivity contribution in [3.63, 3.8) is 0 Å². The van der Waals surface area contributed by atoms with Gasteiger partial charge in [0.25, 0.3) is 0 Å². The molecule has 0 aromatic carbocycles. The Morgan fingerprint density at radius 2 is 1.00 bits per heavy atom. The molecular formula is Al2Li2O3Si. The molecule has 0 aliphatic rings. The van der Waals surface area contributed by atoms with Crippen molar-refractivity contribution in [1.82, 2.24) is 0 Å². The van der Waals surface area contributed by atoms with Crippen molar-refractivity contribution in [3.05, 3.63) is 0 Å². The van der Waals surface area contributed by atoms with Crippen LogP contribution < -0.4 is 47.3 Å². The van der Waals surface area contributed by atoms with Crippen molar-refractivity contribution in [3.8, 4) is 0 Å². The molecule has 0 aliphatic heterocycles. The summed E-state index contributed by atoms with van der Waals surface area (Å²) in [4.78, 5) is 17.0. The van der Waals surface area contributed by atoms with Crippen LogP contribution in [0.15, 0.2) is 0 Å². The first-order chi connectivity index (χ1) is 1.73. The van der Waals surface area contributed by atoms with Crippen molar-refractivity contribution < 1.29 is 51.8 Å². The van der Waals surface area contributed by atoms with Crippen LogP contribution in [0.2, 0.25) is 0 Å². The van der Waals surface area contributed by atoms with Gasteiger partial charge in [-0.3, -0.25) is 0 Å². The zero-order valence-corrected chi connectivity index (χ0v) is 8.19. The second kappa shape index (κ2) is 23.2. The van der Waals surface area contributed by atoms with Crippen LogP contribution in [0.1, 0.15) is 0 Å². The van der Waals surface area contributed by atoms with Gasteiger partial charge in [0.2, 0.25) is 0 Å². The van der Waals surface area contributed by atoms with E-state index in [1.54, 1.807) is 0 Å². The molecule has 0 rings (SSSR count). The van der Waals surface area contributed by atoms with Gasteiger partial charge >= 0.3 is 37.7 Å². The molecule has 0 unspecified atom stereocenters. The Bertz CT molecular complexity index is 38.3. The molecule has 0 N–H and O–H groups in total. The van der Waals surface area contributed by atoms with Crippen LogP contribution in [0.5, 0.6) is 0 Å². The molecule has 0 aliphatic carbocycles. The number of hydrogen-bond acceptors (Lipinski definition) is 3. The van der Waals surface area contributed by atoms with E-state index < -0.39 is 9.17 Å². The summed E-state index contributed by atoms with van der Waals surface area (Å²) >= 11 is 0. The maximum atomic E-state index is 8.52. The smallest absolute Gasteiger partial charge is 0.672 e. The summed E-state index contributed by atoms with van der Waals surface area (Å²) in [6.45, 7) is 0. The Morgan fingerprint density at radius 3 is 1.00 bits per heavy atom. The van der Waals surface area contributed by atoms with E-state index in [2.05, 4.69) is 0 Å². The van der Waals surface area contributed by atoms with Crippen molar-refractivity contribution in [2.75, 3.05) is 0 Å². The molecule has 8 heavy (non-hydrogen) atoms. The Hall–Kier alpha value is 1.88. The van der Waals surface area contributed by atoms with Gasteiger partial charge in [-0.05, 0) is 0 Å². The van der Waals surface area contributed by atoms with Crippen LogP contribution in [0.3, 0.4) is 0 Å². The predicted molar refractivity (Wildman–Crippen MR) is 17.9 cm³/mol. The molecule has 0 saturated heterocycles. The Kier molecular flexibility index (Phi) is 94.7. The molecule has 0 saturated carbocycles. The second-order valence-corrected chi connectivity index (χ2v) is 0.750. The molecule has 0 bridgehead atoms. The average molecular weight is 144 g/mol. The molecule has 0 amide bonds. The van der Waals surface area contributed by atoms with E-state index in [1.807, 2.05) is 0 Å². The minimum absolute atomic E-state index is 0. The van der Waals surface area contributed by atoms with Gasteiger partial charge in [0, 0.05) is 43.9 Å². The molecule has 0 fully saturated rings.